The fraction of sp³-hybridized carbons (Fsp3) is 0.0625. The van der Waals surface area contributed by atoms with Crippen molar-refractivity contribution in [2.24, 2.45) is 0 Å². The molecule has 0 aliphatic heterocycles. The number of nitrogens with zero attached hydrogens (tertiary/aromatic N) is 3. The van der Waals surface area contributed by atoms with Crippen LogP contribution in [0.4, 0.5) is 0 Å². The van der Waals surface area contributed by atoms with Gasteiger partial charge in [0.15, 0.2) is 0 Å². The van der Waals surface area contributed by atoms with Crippen LogP contribution in [0.5, 0.6) is 0 Å². The fourth-order valence-electron chi connectivity index (χ4n) is 6.78. The quantitative estimate of drug-likeness (QED) is 0.229. The summed E-state index contributed by atoms with van der Waals surface area (Å²) in [6.07, 6.45) is 5.83. The summed E-state index contributed by atoms with van der Waals surface area (Å²) in [4.78, 5) is 9.79. The molecule has 2 aliphatic carbocycles. The molecule has 0 saturated carbocycles. The molecule has 0 fully saturated rings. The zero-order chi connectivity index (χ0) is 22.7. The van der Waals surface area contributed by atoms with Crippen molar-refractivity contribution in [3.8, 4) is 22.3 Å². The molecule has 3 heteroatoms. The standard InChI is InChI=1S/C32H19N3/c1-3-9-20-18(7-1)15-23-28(20)29-21-10-4-2-8-19(21)16-24(29)31-30(23)22-13-14-33-17-27(22)35-26-12-6-5-11-25(26)34-32(31)35/h1-14,17H,15-16H2. The number of pyridine rings is 2. The molecule has 0 spiro atoms. The molecule has 0 amide bonds. The average molecular weight is 446 g/mol. The molecule has 162 valence electrons. The average Bonchev–Trinajstić information content (AvgIpc) is 3.59. The van der Waals surface area contributed by atoms with Crippen LogP contribution >= 0.6 is 0 Å². The summed E-state index contributed by atoms with van der Waals surface area (Å²) in [6.45, 7) is 0. The highest BCUT2D eigenvalue weighted by Gasteiger charge is 2.33. The number of benzene rings is 4. The molecule has 3 aromatic heterocycles. The Balaban J connectivity index is 1.62. The van der Waals surface area contributed by atoms with Crippen molar-refractivity contribution in [1.29, 1.82) is 0 Å². The van der Waals surface area contributed by atoms with Crippen molar-refractivity contribution < 1.29 is 0 Å². The summed E-state index contributed by atoms with van der Waals surface area (Å²) in [7, 11) is 0. The SMILES string of the molecule is c1ccc2c(c1)Cc1c-2c2c(c3c1c1ccncc1n1c4ccccc4nc31)Cc1ccccc1-2. The van der Waals surface area contributed by atoms with Gasteiger partial charge in [-0.05, 0) is 80.9 Å². The van der Waals surface area contributed by atoms with E-state index in [1.165, 1.54) is 60.7 Å². The minimum atomic E-state index is 0.937. The Bertz CT molecular complexity index is 2060. The smallest absolute Gasteiger partial charge is 0.146 e. The van der Waals surface area contributed by atoms with E-state index < -0.39 is 0 Å². The third-order valence-electron chi connectivity index (χ3n) is 8.11. The lowest BCUT2D eigenvalue weighted by Gasteiger charge is -2.18. The number of aromatic nitrogens is 3. The maximum atomic E-state index is 5.24. The molecule has 0 radical (unpaired) electrons. The van der Waals surface area contributed by atoms with Gasteiger partial charge in [0.1, 0.15) is 5.65 Å². The van der Waals surface area contributed by atoms with Gasteiger partial charge >= 0.3 is 0 Å². The zero-order valence-corrected chi connectivity index (χ0v) is 18.9. The molecule has 0 unspecified atom stereocenters. The first-order chi connectivity index (χ1) is 17.4. The number of hydrogen-bond donors (Lipinski definition) is 0. The Morgan fingerprint density at radius 1 is 0.629 bits per heavy atom. The van der Waals surface area contributed by atoms with Crippen molar-refractivity contribution in [2.45, 2.75) is 12.8 Å². The largest absolute Gasteiger partial charge is 0.290 e. The van der Waals surface area contributed by atoms with E-state index in [-0.39, 0.29) is 0 Å². The third-order valence-corrected chi connectivity index (χ3v) is 8.11. The van der Waals surface area contributed by atoms with E-state index in [0.717, 1.165) is 35.0 Å². The maximum absolute atomic E-state index is 5.24. The molecular formula is C32H19N3. The Morgan fingerprint density at radius 3 is 2.06 bits per heavy atom. The van der Waals surface area contributed by atoms with Crippen LogP contribution in [0.1, 0.15) is 22.3 Å². The third kappa shape index (κ3) is 2.08. The molecule has 3 heterocycles. The second kappa shape index (κ2) is 6.13. The lowest BCUT2D eigenvalue weighted by molar-refractivity contribution is 1.24. The molecule has 2 aliphatic rings. The lowest BCUT2D eigenvalue weighted by Crippen LogP contribution is -1.99. The number of imidazole rings is 1. The molecule has 35 heavy (non-hydrogen) atoms. The van der Waals surface area contributed by atoms with Gasteiger partial charge in [-0.15, -0.1) is 0 Å². The summed E-state index contributed by atoms with van der Waals surface area (Å²) in [6, 6.07) is 28.6. The minimum Gasteiger partial charge on any atom is -0.290 e. The van der Waals surface area contributed by atoms with Gasteiger partial charge in [0.05, 0.1) is 22.7 Å². The van der Waals surface area contributed by atoms with Crippen LogP contribution in [0.15, 0.2) is 91.3 Å². The molecular weight excluding hydrogens is 426 g/mol. The topological polar surface area (TPSA) is 30.2 Å². The van der Waals surface area contributed by atoms with Gasteiger partial charge in [0.2, 0.25) is 0 Å². The van der Waals surface area contributed by atoms with Crippen LogP contribution in [-0.2, 0) is 12.8 Å². The molecule has 0 atom stereocenters. The molecule has 9 rings (SSSR count). The van der Waals surface area contributed by atoms with Crippen LogP contribution in [0, 0.1) is 0 Å². The Hall–Kier alpha value is -4.50. The molecule has 7 aromatic rings. The van der Waals surface area contributed by atoms with Crippen molar-refractivity contribution in [1.82, 2.24) is 14.4 Å². The minimum absolute atomic E-state index is 0.937. The van der Waals surface area contributed by atoms with Gasteiger partial charge in [-0.25, -0.2) is 4.98 Å². The van der Waals surface area contributed by atoms with Crippen molar-refractivity contribution in [2.75, 3.05) is 0 Å². The van der Waals surface area contributed by atoms with Gasteiger partial charge in [0, 0.05) is 17.0 Å². The Morgan fingerprint density at radius 2 is 1.29 bits per heavy atom. The van der Waals surface area contributed by atoms with Crippen molar-refractivity contribution >= 4 is 38.4 Å². The number of fused-ring (bicyclic) bond motifs is 17. The van der Waals surface area contributed by atoms with E-state index >= 15 is 0 Å². The lowest BCUT2D eigenvalue weighted by atomic mass is 9.88. The van der Waals surface area contributed by atoms with Gasteiger partial charge in [-0.2, -0.15) is 0 Å². The highest BCUT2D eigenvalue weighted by atomic mass is 15.0. The number of rotatable bonds is 0. The number of hydrogen-bond acceptors (Lipinski definition) is 2. The first kappa shape index (κ1) is 17.9. The summed E-state index contributed by atoms with van der Waals surface area (Å²) < 4.78 is 2.33. The second-order valence-corrected chi connectivity index (χ2v) is 9.78. The number of para-hydroxylation sites is 2. The van der Waals surface area contributed by atoms with Gasteiger partial charge in [-0.1, -0.05) is 60.7 Å². The van der Waals surface area contributed by atoms with Gasteiger partial charge in [0.25, 0.3) is 0 Å². The van der Waals surface area contributed by atoms with Crippen LogP contribution in [0.2, 0.25) is 0 Å². The van der Waals surface area contributed by atoms with E-state index in [0.29, 0.717) is 0 Å². The van der Waals surface area contributed by atoms with Gasteiger partial charge in [-0.3, -0.25) is 9.38 Å². The van der Waals surface area contributed by atoms with E-state index in [9.17, 15) is 0 Å². The molecule has 0 saturated heterocycles. The highest BCUT2D eigenvalue weighted by Crippen LogP contribution is 2.54. The van der Waals surface area contributed by atoms with E-state index in [1.807, 2.05) is 12.4 Å². The summed E-state index contributed by atoms with van der Waals surface area (Å²) in [5, 5.41) is 3.91. The molecule has 3 nitrogen and oxygen atoms in total. The normalized spacial score (nSPS) is 13.5. The van der Waals surface area contributed by atoms with E-state index in [2.05, 4.69) is 88.2 Å². The maximum Gasteiger partial charge on any atom is 0.146 e. The van der Waals surface area contributed by atoms with E-state index in [1.54, 1.807) is 0 Å². The van der Waals surface area contributed by atoms with Crippen LogP contribution in [0.25, 0.3) is 60.6 Å². The predicted octanol–water partition coefficient (Wildman–Crippen LogP) is 7.33. The summed E-state index contributed by atoms with van der Waals surface area (Å²) in [5.74, 6) is 0. The molecule has 0 bridgehead atoms. The van der Waals surface area contributed by atoms with Crippen molar-refractivity contribution in [3.05, 3.63) is 114 Å². The summed E-state index contributed by atoms with van der Waals surface area (Å²) >= 11 is 0. The molecule has 4 aromatic carbocycles. The monoisotopic (exact) mass is 445 g/mol. The summed E-state index contributed by atoms with van der Waals surface area (Å²) in [5.41, 5.74) is 15.6. The predicted molar refractivity (Wildman–Crippen MR) is 142 cm³/mol. The zero-order valence-electron chi connectivity index (χ0n) is 18.9. The second-order valence-electron chi connectivity index (χ2n) is 9.78. The van der Waals surface area contributed by atoms with Gasteiger partial charge < -0.3 is 0 Å². The van der Waals surface area contributed by atoms with Crippen LogP contribution in [-0.4, -0.2) is 14.4 Å². The Kier molecular flexibility index (Phi) is 3.14. The highest BCUT2D eigenvalue weighted by molar-refractivity contribution is 6.21. The first-order valence-electron chi connectivity index (χ1n) is 12.2. The molecule has 0 N–H and O–H groups in total. The Labute approximate surface area is 201 Å². The van der Waals surface area contributed by atoms with Crippen LogP contribution in [0.3, 0.4) is 0 Å². The van der Waals surface area contributed by atoms with Crippen molar-refractivity contribution in [3.63, 3.8) is 0 Å². The first-order valence-corrected chi connectivity index (χ1v) is 12.2. The fourth-order valence-corrected chi connectivity index (χ4v) is 6.78. The van der Waals surface area contributed by atoms with E-state index in [4.69, 9.17) is 4.98 Å². The van der Waals surface area contributed by atoms with Crippen LogP contribution < -0.4 is 0 Å².